The van der Waals surface area contributed by atoms with E-state index in [4.69, 9.17) is 0 Å². The summed E-state index contributed by atoms with van der Waals surface area (Å²) in [7, 11) is -1.47. The molecule has 23 heavy (non-hydrogen) atoms. The Hall–Kier alpha value is -0.660. The molecule has 2 aromatic rings. The van der Waals surface area contributed by atoms with E-state index in [1.54, 1.807) is 16.4 Å². The van der Waals surface area contributed by atoms with Gasteiger partial charge in [0.25, 0.3) is 0 Å². The lowest BCUT2D eigenvalue weighted by molar-refractivity contribution is 0.298. The second-order valence-electron chi connectivity index (χ2n) is 5.62. The van der Waals surface area contributed by atoms with Crippen LogP contribution in [0, 0.1) is 0 Å². The van der Waals surface area contributed by atoms with Gasteiger partial charge in [0.2, 0.25) is 10.0 Å². The fraction of sp³-hybridized carbons (Fsp3) is 0.375. The quantitative estimate of drug-likeness (QED) is 0.829. The maximum atomic E-state index is 12.8. The fourth-order valence-electron chi connectivity index (χ4n) is 2.89. The van der Waals surface area contributed by atoms with Gasteiger partial charge in [-0.1, -0.05) is 28.1 Å². The van der Waals surface area contributed by atoms with Crippen LogP contribution in [-0.4, -0.2) is 38.9 Å². The number of halogens is 2. The van der Waals surface area contributed by atoms with E-state index in [2.05, 4.69) is 21.2 Å². The first-order chi connectivity index (χ1) is 10.5. The van der Waals surface area contributed by atoms with Crippen LogP contribution in [0.5, 0.6) is 0 Å². The highest BCUT2D eigenvalue weighted by molar-refractivity contribution is 9.10. The fourth-order valence-corrected chi connectivity index (χ4v) is 4.77. The monoisotopic (exact) mass is 418 g/mol. The molecule has 0 radical (unpaired) electrons. The molecule has 0 aromatic heterocycles. The Morgan fingerprint density at radius 3 is 2.35 bits per heavy atom. The second kappa shape index (κ2) is 7.49. The van der Waals surface area contributed by atoms with Crippen LogP contribution in [0.1, 0.15) is 12.8 Å². The number of sulfonamides is 1. The van der Waals surface area contributed by atoms with E-state index in [0.717, 1.165) is 28.1 Å². The molecule has 7 heteroatoms. The number of nitrogens with one attached hydrogen (secondary N) is 1. The summed E-state index contributed by atoms with van der Waals surface area (Å²) < 4.78 is 28.2. The first kappa shape index (κ1) is 18.7. The van der Waals surface area contributed by atoms with Gasteiger partial charge in [0.15, 0.2) is 0 Å². The van der Waals surface area contributed by atoms with Crippen molar-refractivity contribution >= 4 is 49.1 Å². The van der Waals surface area contributed by atoms with Crippen molar-refractivity contribution in [2.45, 2.75) is 23.8 Å². The van der Waals surface area contributed by atoms with Gasteiger partial charge >= 0.3 is 0 Å². The number of nitrogens with zero attached hydrogens (tertiary/aromatic N) is 1. The highest BCUT2D eigenvalue weighted by Crippen LogP contribution is 2.26. The molecule has 1 aliphatic heterocycles. The lowest BCUT2D eigenvalue weighted by Gasteiger charge is -2.31. The zero-order valence-corrected chi connectivity index (χ0v) is 16.0. The van der Waals surface area contributed by atoms with Gasteiger partial charge in [-0.3, -0.25) is 0 Å². The molecule has 1 N–H and O–H groups in total. The van der Waals surface area contributed by atoms with E-state index in [1.807, 2.05) is 31.3 Å². The van der Waals surface area contributed by atoms with Crippen LogP contribution in [0.15, 0.2) is 45.8 Å². The molecule has 0 aliphatic carbocycles. The Morgan fingerprint density at radius 1 is 1.09 bits per heavy atom. The molecular formula is C16H20BrClN2O2S. The Morgan fingerprint density at radius 2 is 1.70 bits per heavy atom. The number of fused-ring (bicyclic) bond motifs is 1. The predicted octanol–water partition coefficient (Wildman–Crippen LogP) is 3.40. The number of piperidine rings is 1. The molecule has 3 rings (SSSR count). The Labute approximate surface area is 151 Å². The summed E-state index contributed by atoms with van der Waals surface area (Å²) in [5.41, 5.74) is 0. The molecule has 0 atom stereocenters. The van der Waals surface area contributed by atoms with Crippen molar-refractivity contribution in [2.24, 2.45) is 0 Å². The van der Waals surface area contributed by atoms with Gasteiger partial charge in [0.1, 0.15) is 0 Å². The standard InChI is InChI=1S/C16H19BrN2O2S.ClH/c1-18-15-6-8-19(9-7-15)22(20,21)16-5-3-12-10-14(17)4-2-13(12)11-16;/h2-5,10-11,15,18H,6-9H2,1H3;1H. The molecule has 0 saturated carbocycles. The van der Waals surface area contributed by atoms with E-state index in [9.17, 15) is 8.42 Å². The molecule has 2 aromatic carbocycles. The van der Waals surface area contributed by atoms with Crippen molar-refractivity contribution in [3.8, 4) is 0 Å². The van der Waals surface area contributed by atoms with E-state index in [-0.39, 0.29) is 12.4 Å². The van der Waals surface area contributed by atoms with E-state index < -0.39 is 10.0 Å². The first-order valence-electron chi connectivity index (χ1n) is 7.37. The Balaban J connectivity index is 0.00000192. The zero-order valence-electron chi connectivity index (χ0n) is 12.8. The molecule has 0 bridgehead atoms. The van der Waals surface area contributed by atoms with Gasteiger partial charge in [-0.2, -0.15) is 4.31 Å². The smallest absolute Gasteiger partial charge is 0.243 e. The second-order valence-corrected chi connectivity index (χ2v) is 8.47. The molecule has 1 saturated heterocycles. The van der Waals surface area contributed by atoms with Crippen molar-refractivity contribution in [3.05, 3.63) is 40.9 Å². The van der Waals surface area contributed by atoms with Crippen LogP contribution in [0.4, 0.5) is 0 Å². The van der Waals surface area contributed by atoms with Gasteiger partial charge < -0.3 is 5.32 Å². The maximum Gasteiger partial charge on any atom is 0.243 e. The molecule has 0 spiro atoms. The number of hydrogen-bond donors (Lipinski definition) is 1. The molecule has 1 fully saturated rings. The van der Waals surface area contributed by atoms with Crippen molar-refractivity contribution in [2.75, 3.05) is 20.1 Å². The number of rotatable bonds is 3. The zero-order chi connectivity index (χ0) is 15.7. The third-order valence-corrected chi connectivity index (χ3v) is 6.66. The van der Waals surface area contributed by atoms with Crippen molar-refractivity contribution in [1.29, 1.82) is 0 Å². The normalized spacial score (nSPS) is 17.1. The SMILES string of the molecule is CNC1CCN(S(=O)(=O)c2ccc3cc(Br)ccc3c2)CC1.Cl. The molecular weight excluding hydrogens is 400 g/mol. The van der Waals surface area contributed by atoms with E-state index in [1.165, 1.54) is 0 Å². The van der Waals surface area contributed by atoms with Crippen LogP contribution in [0.25, 0.3) is 10.8 Å². The molecule has 1 heterocycles. The van der Waals surface area contributed by atoms with Crippen LogP contribution in [-0.2, 0) is 10.0 Å². The third kappa shape index (κ3) is 3.88. The van der Waals surface area contributed by atoms with Crippen molar-refractivity contribution < 1.29 is 8.42 Å². The lowest BCUT2D eigenvalue weighted by atomic mass is 10.1. The number of hydrogen-bond acceptors (Lipinski definition) is 3. The van der Waals surface area contributed by atoms with E-state index >= 15 is 0 Å². The first-order valence-corrected chi connectivity index (χ1v) is 9.61. The average Bonchev–Trinajstić information content (AvgIpc) is 2.54. The van der Waals surface area contributed by atoms with Gasteiger partial charge in [0, 0.05) is 23.6 Å². The molecule has 0 amide bonds. The third-order valence-electron chi connectivity index (χ3n) is 4.27. The number of benzene rings is 2. The van der Waals surface area contributed by atoms with Crippen molar-refractivity contribution in [1.82, 2.24) is 9.62 Å². The summed E-state index contributed by atoms with van der Waals surface area (Å²) in [4.78, 5) is 0.380. The Bertz CT molecular complexity index is 790. The van der Waals surface area contributed by atoms with Gasteiger partial charge in [-0.25, -0.2) is 8.42 Å². The molecule has 1 aliphatic rings. The molecule has 4 nitrogen and oxygen atoms in total. The summed E-state index contributed by atoms with van der Waals surface area (Å²) in [6.45, 7) is 1.15. The topological polar surface area (TPSA) is 49.4 Å². The Kier molecular flexibility index (Phi) is 6.08. The lowest BCUT2D eigenvalue weighted by Crippen LogP contribution is -2.43. The summed E-state index contributed by atoms with van der Waals surface area (Å²) in [6.07, 6.45) is 1.71. The minimum absolute atomic E-state index is 0. The molecule has 0 unspecified atom stereocenters. The van der Waals surface area contributed by atoms with E-state index in [0.29, 0.717) is 24.0 Å². The van der Waals surface area contributed by atoms with Gasteiger partial charge in [-0.15, -0.1) is 12.4 Å². The average molecular weight is 420 g/mol. The highest BCUT2D eigenvalue weighted by Gasteiger charge is 2.28. The molecule has 126 valence electrons. The van der Waals surface area contributed by atoms with Gasteiger partial charge in [0.05, 0.1) is 4.90 Å². The summed E-state index contributed by atoms with van der Waals surface area (Å²) in [6, 6.07) is 11.6. The van der Waals surface area contributed by atoms with Crippen LogP contribution in [0.3, 0.4) is 0 Å². The highest BCUT2D eigenvalue weighted by atomic mass is 79.9. The maximum absolute atomic E-state index is 12.8. The summed E-state index contributed by atoms with van der Waals surface area (Å²) >= 11 is 3.43. The largest absolute Gasteiger partial charge is 0.317 e. The van der Waals surface area contributed by atoms with Crippen LogP contribution in [0.2, 0.25) is 0 Å². The van der Waals surface area contributed by atoms with Crippen LogP contribution >= 0.6 is 28.3 Å². The summed E-state index contributed by atoms with van der Waals surface area (Å²) in [5.74, 6) is 0. The van der Waals surface area contributed by atoms with Gasteiger partial charge in [-0.05, 0) is 54.9 Å². The predicted molar refractivity (Wildman–Crippen MR) is 99.7 cm³/mol. The minimum atomic E-state index is -3.40. The van der Waals surface area contributed by atoms with Crippen LogP contribution < -0.4 is 5.32 Å². The van der Waals surface area contributed by atoms with Crippen molar-refractivity contribution in [3.63, 3.8) is 0 Å². The summed E-state index contributed by atoms with van der Waals surface area (Å²) in [5, 5.41) is 5.19. The minimum Gasteiger partial charge on any atom is -0.317 e.